The maximum atomic E-state index is 5.68. The van der Waals surface area contributed by atoms with Crippen molar-refractivity contribution in [2.24, 2.45) is 0 Å². The van der Waals surface area contributed by atoms with Crippen LogP contribution < -0.4 is 10.2 Å². The van der Waals surface area contributed by atoms with Gasteiger partial charge in [-0.2, -0.15) is 0 Å². The number of nitrogens with one attached hydrogen (secondary N) is 1. The Labute approximate surface area is 102 Å². The Bertz CT molecular complexity index is 357. The van der Waals surface area contributed by atoms with Crippen molar-refractivity contribution in [1.29, 1.82) is 0 Å². The first-order valence-electron chi connectivity index (χ1n) is 6.01. The molecular weight excluding hydrogens is 216 g/mol. The van der Waals surface area contributed by atoms with Crippen LogP contribution in [0.5, 0.6) is 0 Å². The van der Waals surface area contributed by atoms with Gasteiger partial charge < -0.3 is 15.0 Å². The fraction of sp³-hybridized carbons (Fsp3) is 0.667. The number of rotatable bonds is 3. The maximum absolute atomic E-state index is 5.68. The molecular formula is C12H20N4O. The summed E-state index contributed by atoms with van der Waals surface area (Å²) in [5, 5.41) is 3.33. The Morgan fingerprint density at radius 1 is 1.47 bits per heavy atom. The van der Waals surface area contributed by atoms with E-state index in [0.717, 1.165) is 43.6 Å². The summed E-state index contributed by atoms with van der Waals surface area (Å²) in [5.74, 6) is 1.78. The molecule has 1 aromatic rings. The molecule has 5 heteroatoms. The van der Waals surface area contributed by atoms with Gasteiger partial charge in [0.1, 0.15) is 11.6 Å². The average molecular weight is 236 g/mol. The van der Waals surface area contributed by atoms with Crippen LogP contribution in [0.25, 0.3) is 0 Å². The molecule has 0 bridgehead atoms. The number of hydrogen-bond donors (Lipinski definition) is 1. The van der Waals surface area contributed by atoms with Crippen molar-refractivity contribution >= 4 is 5.82 Å². The Morgan fingerprint density at radius 2 is 2.29 bits per heavy atom. The van der Waals surface area contributed by atoms with Crippen LogP contribution in [0.15, 0.2) is 6.07 Å². The Hall–Kier alpha value is -1.20. The predicted octanol–water partition coefficient (Wildman–Crippen LogP) is 0.518. The normalized spacial score (nSPS) is 20.3. The van der Waals surface area contributed by atoms with Gasteiger partial charge in [0, 0.05) is 38.4 Å². The van der Waals surface area contributed by atoms with E-state index < -0.39 is 0 Å². The highest BCUT2D eigenvalue weighted by molar-refractivity contribution is 5.38. The molecule has 0 spiro atoms. The molecule has 1 atom stereocenters. The second kappa shape index (κ2) is 5.42. The lowest BCUT2D eigenvalue weighted by atomic mass is 10.3. The van der Waals surface area contributed by atoms with E-state index in [1.165, 1.54) is 0 Å². The second-order valence-corrected chi connectivity index (χ2v) is 4.49. The van der Waals surface area contributed by atoms with E-state index in [1.54, 1.807) is 0 Å². The molecule has 1 aliphatic heterocycles. The first kappa shape index (κ1) is 12.3. The third kappa shape index (κ3) is 3.38. The van der Waals surface area contributed by atoms with Gasteiger partial charge in [-0.3, -0.25) is 0 Å². The minimum atomic E-state index is 0.240. The molecule has 2 heterocycles. The molecule has 1 fully saturated rings. The summed E-state index contributed by atoms with van der Waals surface area (Å²) in [6, 6.07) is 2.00. The molecule has 1 aromatic heterocycles. The van der Waals surface area contributed by atoms with Gasteiger partial charge in [0.25, 0.3) is 0 Å². The van der Waals surface area contributed by atoms with Crippen LogP contribution in [0.4, 0.5) is 5.82 Å². The number of likely N-dealkylation sites (N-methyl/N-ethyl adjacent to an activating group) is 1. The maximum Gasteiger partial charge on any atom is 0.132 e. The third-order valence-corrected chi connectivity index (χ3v) is 2.83. The quantitative estimate of drug-likeness (QED) is 0.829. The van der Waals surface area contributed by atoms with Gasteiger partial charge in [0.05, 0.1) is 12.7 Å². The number of aromatic nitrogens is 2. The fourth-order valence-electron chi connectivity index (χ4n) is 2.03. The Balaban J connectivity index is 2.00. The van der Waals surface area contributed by atoms with E-state index in [0.29, 0.717) is 0 Å². The number of anilines is 1. The summed E-state index contributed by atoms with van der Waals surface area (Å²) in [4.78, 5) is 10.8. The topological polar surface area (TPSA) is 50.3 Å². The van der Waals surface area contributed by atoms with Crippen molar-refractivity contribution in [3.05, 3.63) is 17.6 Å². The molecule has 0 amide bonds. The standard InChI is InChI=1S/C12H20N4O/c1-9-6-12(15-10(2)14-9)16(3)8-11-7-13-4-5-17-11/h6,11,13H,4-5,7-8H2,1-3H3. The van der Waals surface area contributed by atoms with Gasteiger partial charge in [0.2, 0.25) is 0 Å². The van der Waals surface area contributed by atoms with Crippen LogP contribution in [0.2, 0.25) is 0 Å². The molecule has 5 nitrogen and oxygen atoms in total. The zero-order valence-corrected chi connectivity index (χ0v) is 10.7. The number of morpholine rings is 1. The SMILES string of the molecule is Cc1cc(N(C)CC2CNCCO2)nc(C)n1. The zero-order chi connectivity index (χ0) is 12.3. The van der Waals surface area contributed by atoms with E-state index in [4.69, 9.17) is 4.74 Å². The first-order valence-corrected chi connectivity index (χ1v) is 6.01. The van der Waals surface area contributed by atoms with Crippen molar-refractivity contribution in [3.8, 4) is 0 Å². The smallest absolute Gasteiger partial charge is 0.132 e. The predicted molar refractivity (Wildman–Crippen MR) is 67.4 cm³/mol. The summed E-state index contributed by atoms with van der Waals surface area (Å²) in [6.45, 7) is 7.41. The number of nitrogens with zero attached hydrogens (tertiary/aromatic N) is 3. The zero-order valence-electron chi connectivity index (χ0n) is 10.7. The summed E-state index contributed by atoms with van der Waals surface area (Å²) < 4.78 is 5.68. The van der Waals surface area contributed by atoms with Gasteiger partial charge in [-0.05, 0) is 13.8 Å². The molecule has 0 saturated carbocycles. The van der Waals surface area contributed by atoms with Gasteiger partial charge in [-0.25, -0.2) is 9.97 Å². The molecule has 94 valence electrons. The lowest BCUT2D eigenvalue weighted by Gasteiger charge is -2.28. The van der Waals surface area contributed by atoms with E-state index in [2.05, 4.69) is 20.2 Å². The average Bonchev–Trinajstić information content (AvgIpc) is 2.29. The summed E-state index contributed by atoms with van der Waals surface area (Å²) >= 11 is 0. The highest BCUT2D eigenvalue weighted by Crippen LogP contribution is 2.12. The van der Waals surface area contributed by atoms with Crippen LogP contribution in [-0.2, 0) is 4.74 Å². The van der Waals surface area contributed by atoms with Crippen LogP contribution in [0.3, 0.4) is 0 Å². The largest absolute Gasteiger partial charge is 0.374 e. The highest BCUT2D eigenvalue weighted by atomic mass is 16.5. The lowest BCUT2D eigenvalue weighted by molar-refractivity contribution is 0.0339. The number of aryl methyl sites for hydroxylation is 2. The molecule has 1 N–H and O–H groups in total. The van der Waals surface area contributed by atoms with E-state index in [1.807, 2.05) is 27.0 Å². The van der Waals surface area contributed by atoms with Crippen LogP contribution in [0, 0.1) is 13.8 Å². The minimum absolute atomic E-state index is 0.240. The van der Waals surface area contributed by atoms with Gasteiger partial charge in [-0.15, -0.1) is 0 Å². The number of ether oxygens (including phenoxy) is 1. The van der Waals surface area contributed by atoms with Crippen molar-refractivity contribution < 1.29 is 4.74 Å². The van der Waals surface area contributed by atoms with Crippen LogP contribution in [-0.4, -0.2) is 49.4 Å². The van der Waals surface area contributed by atoms with Gasteiger partial charge >= 0.3 is 0 Å². The Kier molecular flexibility index (Phi) is 3.91. The van der Waals surface area contributed by atoms with Crippen LogP contribution in [0.1, 0.15) is 11.5 Å². The molecule has 0 radical (unpaired) electrons. The van der Waals surface area contributed by atoms with Gasteiger partial charge in [0.15, 0.2) is 0 Å². The fourth-order valence-corrected chi connectivity index (χ4v) is 2.03. The van der Waals surface area contributed by atoms with Crippen molar-refractivity contribution in [3.63, 3.8) is 0 Å². The van der Waals surface area contributed by atoms with E-state index in [-0.39, 0.29) is 6.10 Å². The summed E-state index contributed by atoms with van der Waals surface area (Å²) in [7, 11) is 2.04. The summed E-state index contributed by atoms with van der Waals surface area (Å²) in [6.07, 6.45) is 0.240. The molecule has 2 rings (SSSR count). The van der Waals surface area contributed by atoms with Crippen molar-refractivity contribution in [1.82, 2.24) is 15.3 Å². The van der Waals surface area contributed by atoms with Crippen molar-refractivity contribution in [2.45, 2.75) is 20.0 Å². The lowest BCUT2D eigenvalue weighted by Crippen LogP contribution is -2.44. The van der Waals surface area contributed by atoms with E-state index >= 15 is 0 Å². The molecule has 0 aliphatic carbocycles. The molecule has 1 aliphatic rings. The van der Waals surface area contributed by atoms with E-state index in [9.17, 15) is 0 Å². The molecule has 0 aromatic carbocycles. The molecule has 17 heavy (non-hydrogen) atoms. The molecule has 1 unspecified atom stereocenters. The highest BCUT2D eigenvalue weighted by Gasteiger charge is 2.16. The van der Waals surface area contributed by atoms with Crippen molar-refractivity contribution in [2.75, 3.05) is 38.2 Å². The summed E-state index contributed by atoms with van der Waals surface area (Å²) in [5.41, 5.74) is 1.00. The van der Waals surface area contributed by atoms with Crippen LogP contribution >= 0.6 is 0 Å². The second-order valence-electron chi connectivity index (χ2n) is 4.49. The number of hydrogen-bond acceptors (Lipinski definition) is 5. The first-order chi connectivity index (χ1) is 8.15. The monoisotopic (exact) mass is 236 g/mol. The Morgan fingerprint density at radius 3 is 2.94 bits per heavy atom. The van der Waals surface area contributed by atoms with Gasteiger partial charge in [-0.1, -0.05) is 0 Å². The minimum Gasteiger partial charge on any atom is -0.374 e. The molecule has 1 saturated heterocycles. The third-order valence-electron chi connectivity index (χ3n) is 2.83.